The van der Waals surface area contributed by atoms with Crippen LogP contribution in [-0.2, 0) is 9.59 Å². The van der Waals surface area contributed by atoms with Gasteiger partial charge in [-0.1, -0.05) is 0 Å². The Bertz CT molecular complexity index is 410. The number of likely N-dealkylation sites (N-methyl/N-ethyl adjacent to an activating group) is 1. The van der Waals surface area contributed by atoms with Crippen LogP contribution in [0.25, 0.3) is 0 Å². The standard InChI is InChI=1S/C12H21N3O5/c1-12(2)10(19)14(3)6-7-15(12)11(20)13-5-4-8(16)9(17)18/h8,16H,4-7H2,1-3H3,(H,13,20)(H,17,18). The van der Waals surface area contributed by atoms with Gasteiger partial charge in [0.2, 0.25) is 5.91 Å². The average Bonchev–Trinajstić information content (AvgIpc) is 2.35. The first kappa shape index (κ1) is 16.2. The van der Waals surface area contributed by atoms with Gasteiger partial charge in [0, 0.05) is 33.1 Å². The van der Waals surface area contributed by atoms with Crippen LogP contribution >= 0.6 is 0 Å². The SMILES string of the molecule is CN1CCN(C(=O)NCCC(O)C(=O)O)C(C)(C)C1=O. The number of amides is 3. The summed E-state index contributed by atoms with van der Waals surface area (Å²) in [7, 11) is 1.68. The van der Waals surface area contributed by atoms with Crippen LogP contribution in [0.1, 0.15) is 20.3 Å². The second kappa shape index (κ2) is 6.08. The molecular formula is C12H21N3O5. The van der Waals surface area contributed by atoms with E-state index in [0.717, 1.165) is 0 Å². The number of nitrogens with one attached hydrogen (secondary N) is 1. The summed E-state index contributed by atoms with van der Waals surface area (Å²) in [6, 6.07) is -0.436. The third-order valence-electron chi connectivity index (χ3n) is 3.43. The van der Waals surface area contributed by atoms with Crippen LogP contribution in [0, 0.1) is 0 Å². The third-order valence-corrected chi connectivity index (χ3v) is 3.43. The zero-order valence-electron chi connectivity index (χ0n) is 11.9. The van der Waals surface area contributed by atoms with E-state index in [1.54, 1.807) is 25.8 Å². The molecular weight excluding hydrogens is 266 g/mol. The highest BCUT2D eigenvalue weighted by molar-refractivity contribution is 5.91. The van der Waals surface area contributed by atoms with Crippen LogP contribution < -0.4 is 5.32 Å². The van der Waals surface area contributed by atoms with Crippen LogP contribution in [0.4, 0.5) is 4.79 Å². The van der Waals surface area contributed by atoms with Crippen molar-refractivity contribution >= 4 is 17.9 Å². The van der Waals surface area contributed by atoms with Crippen LogP contribution in [0.15, 0.2) is 0 Å². The summed E-state index contributed by atoms with van der Waals surface area (Å²) in [5.41, 5.74) is -0.942. The largest absolute Gasteiger partial charge is 0.479 e. The maximum atomic E-state index is 12.0. The number of aliphatic hydroxyl groups excluding tert-OH is 1. The smallest absolute Gasteiger partial charge is 0.332 e. The maximum Gasteiger partial charge on any atom is 0.332 e. The van der Waals surface area contributed by atoms with E-state index < -0.39 is 23.6 Å². The van der Waals surface area contributed by atoms with E-state index in [2.05, 4.69) is 5.32 Å². The Morgan fingerprint density at radius 3 is 2.55 bits per heavy atom. The highest BCUT2D eigenvalue weighted by Gasteiger charge is 2.42. The van der Waals surface area contributed by atoms with Crippen molar-refractivity contribution < 1.29 is 24.6 Å². The lowest BCUT2D eigenvalue weighted by Crippen LogP contribution is -2.65. The first-order chi connectivity index (χ1) is 9.17. The Hall–Kier alpha value is -1.83. The molecule has 3 N–H and O–H groups in total. The van der Waals surface area contributed by atoms with Gasteiger partial charge in [-0.2, -0.15) is 0 Å². The number of carboxylic acids is 1. The minimum absolute atomic E-state index is 0.0307. The van der Waals surface area contributed by atoms with Gasteiger partial charge in [-0.3, -0.25) is 4.79 Å². The molecule has 1 aliphatic rings. The predicted octanol–water partition coefficient (Wildman–Crippen LogP) is -0.916. The van der Waals surface area contributed by atoms with Gasteiger partial charge in [-0.05, 0) is 13.8 Å². The van der Waals surface area contributed by atoms with Crippen molar-refractivity contribution in [1.29, 1.82) is 0 Å². The average molecular weight is 287 g/mol. The number of rotatable bonds is 4. The van der Waals surface area contributed by atoms with Gasteiger partial charge in [-0.15, -0.1) is 0 Å². The Morgan fingerprint density at radius 2 is 2.00 bits per heavy atom. The van der Waals surface area contributed by atoms with E-state index in [1.165, 1.54) is 4.90 Å². The molecule has 0 aromatic carbocycles. The monoisotopic (exact) mass is 287 g/mol. The molecule has 1 heterocycles. The van der Waals surface area contributed by atoms with Gasteiger partial charge < -0.3 is 25.3 Å². The molecule has 8 heteroatoms. The summed E-state index contributed by atoms with van der Waals surface area (Å²) in [6.45, 7) is 4.21. The number of carbonyl (C=O) groups is 3. The Kier molecular flexibility index (Phi) is 4.93. The van der Waals surface area contributed by atoms with Crippen molar-refractivity contribution in [3.05, 3.63) is 0 Å². The molecule has 0 aromatic rings. The Labute approximate surface area is 117 Å². The molecule has 1 aliphatic heterocycles. The highest BCUT2D eigenvalue weighted by Crippen LogP contribution is 2.21. The molecule has 0 bridgehead atoms. The van der Waals surface area contributed by atoms with Crippen LogP contribution in [0.3, 0.4) is 0 Å². The zero-order valence-corrected chi connectivity index (χ0v) is 11.9. The topological polar surface area (TPSA) is 110 Å². The van der Waals surface area contributed by atoms with Gasteiger partial charge in [0.05, 0.1) is 0 Å². The molecule has 0 saturated carbocycles. The number of aliphatic carboxylic acids is 1. The zero-order chi connectivity index (χ0) is 15.5. The summed E-state index contributed by atoms with van der Waals surface area (Å²) in [4.78, 5) is 37.5. The van der Waals surface area contributed by atoms with Crippen molar-refractivity contribution in [3.8, 4) is 0 Å². The second-order valence-corrected chi connectivity index (χ2v) is 5.31. The Balaban J connectivity index is 2.55. The van der Waals surface area contributed by atoms with Crippen LogP contribution in [0.5, 0.6) is 0 Å². The summed E-state index contributed by atoms with van der Waals surface area (Å²) in [5.74, 6) is -1.47. The summed E-state index contributed by atoms with van der Waals surface area (Å²) < 4.78 is 0. The number of hydrogen-bond donors (Lipinski definition) is 3. The molecule has 1 rings (SSSR count). The predicted molar refractivity (Wildman–Crippen MR) is 70.1 cm³/mol. The lowest BCUT2D eigenvalue weighted by atomic mass is 9.98. The third kappa shape index (κ3) is 3.38. The number of carbonyl (C=O) groups excluding carboxylic acids is 2. The lowest BCUT2D eigenvalue weighted by molar-refractivity contribution is -0.146. The van der Waals surface area contributed by atoms with Gasteiger partial charge >= 0.3 is 12.0 Å². The van der Waals surface area contributed by atoms with Crippen molar-refractivity contribution in [3.63, 3.8) is 0 Å². The molecule has 1 saturated heterocycles. The molecule has 0 radical (unpaired) electrons. The molecule has 114 valence electrons. The van der Waals surface area contributed by atoms with E-state index in [-0.39, 0.29) is 18.9 Å². The van der Waals surface area contributed by atoms with Crippen molar-refractivity contribution in [2.75, 3.05) is 26.7 Å². The molecule has 1 fully saturated rings. The first-order valence-electron chi connectivity index (χ1n) is 6.40. The van der Waals surface area contributed by atoms with Crippen molar-refractivity contribution in [2.45, 2.75) is 31.9 Å². The van der Waals surface area contributed by atoms with Gasteiger partial charge in [0.25, 0.3) is 0 Å². The number of urea groups is 1. The number of hydrogen-bond acceptors (Lipinski definition) is 4. The van der Waals surface area contributed by atoms with Gasteiger partial charge in [-0.25, -0.2) is 9.59 Å². The van der Waals surface area contributed by atoms with Gasteiger partial charge in [0.15, 0.2) is 6.10 Å². The van der Waals surface area contributed by atoms with Gasteiger partial charge in [0.1, 0.15) is 5.54 Å². The Morgan fingerprint density at radius 1 is 1.40 bits per heavy atom. The lowest BCUT2D eigenvalue weighted by Gasteiger charge is -2.44. The molecule has 0 aromatic heterocycles. The number of nitrogens with zero attached hydrogens (tertiary/aromatic N) is 2. The second-order valence-electron chi connectivity index (χ2n) is 5.31. The molecule has 20 heavy (non-hydrogen) atoms. The van der Waals surface area contributed by atoms with E-state index in [0.29, 0.717) is 13.1 Å². The first-order valence-corrected chi connectivity index (χ1v) is 6.40. The fraction of sp³-hybridized carbons (Fsp3) is 0.750. The van der Waals surface area contributed by atoms with Crippen LogP contribution in [-0.4, -0.2) is 76.2 Å². The summed E-state index contributed by atoms with van der Waals surface area (Å²) >= 11 is 0. The molecule has 1 unspecified atom stereocenters. The number of piperazine rings is 1. The molecule has 8 nitrogen and oxygen atoms in total. The summed E-state index contributed by atoms with van der Waals surface area (Å²) in [6.07, 6.45) is -1.58. The fourth-order valence-electron chi connectivity index (χ4n) is 2.10. The van der Waals surface area contributed by atoms with Crippen molar-refractivity contribution in [1.82, 2.24) is 15.1 Å². The van der Waals surface area contributed by atoms with E-state index >= 15 is 0 Å². The molecule has 1 atom stereocenters. The number of aliphatic hydroxyl groups is 1. The normalized spacial score (nSPS) is 19.7. The summed E-state index contributed by atoms with van der Waals surface area (Å²) in [5, 5.41) is 20.1. The van der Waals surface area contributed by atoms with E-state index in [4.69, 9.17) is 10.2 Å². The molecule has 0 spiro atoms. The quantitative estimate of drug-likeness (QED) is 0.619. The highest BCUT2D eigenvalue weighted by atomic mass is 16.4. The fourth-order valence-corrected chi connectivity index (χ4v) is 2.10. The minimum atomic E-state index is -1.50. The molecule has 3 amide bonds. The van der Waals surface area contributed by atoms with E-state index in [1.807, 2.05) is 0 Å². The minimum Gasteiger partial charge on any atom is -0.479 e. The van der Waals surface area contributed by atoms with Crippen molar-refractivity contribution in [2.24, 2.45) is 0 Å². The van der Waals surface area contributed by atoms with E-state index in [9.17, 15) is 14.4 Å². The maximum absolute atomic E-state index is 12.0. The molecule has 0 aliphatic carbocycles. The van der Waals surface area contributed by atoms with Crippen LogP contribution in [0.2, 0.25) is 0 Å². The number of carboxylic acid groups (broad SMARTS) is 1.